The zero-order chi connectivity index (χ0) is 15.6. The Kier molecular flexibility index (Phi) is 6.43. The van der Waals surface area contributed by atoms with Crippen LogP contribution < -0.4 is 0 Å². The molecule has 2 fully saturated rings. The number of ketones is 1. The first-order chi connectivity index (χ1) is 9.88. The lowest BCUT2D eigenvalue weighted by Crippen LogP contribution is -2.46. The number of hydrogen-bond donors (Lipinski definition) is 1. The molecule has 2 aliphatic rings. The van der Waals surface area contributed by atoms with Gasteiger partial charge < -0.3 is 10.4 Å². The van der Waals surface area contributed by atoms with Crippen LogP contribution in [-0.2, 0) is 4.79 Å². The van der Waals surface area contributed by atoms with E-state index in [0.29, 0.717) is 18.9 Å². The molecule has 1 heterocycles. The molecule has 21 heavy (non-hydrogen) atoms. The number of piperidine rings is 1. The van der Waals surface area contributed by atoms with E-state index in [0.717, 1.165) is 38.3 Å². The van der Waals surface area contributed by atoms with Crippen LogP contribution in [0.4, 0.5) is 0 Å². The average molecular weight is 409 g/mol. The fourth-order valence-electron chi connectivity index (χ4n) is 3.47. The summed E-state index contributed by atoms with van der Waals surface area (Å²) in [5, 5.41) is 20.4. The van der Waals surface area contributed by atoms with Gasteiger partial charge in [-0.1, -0.05) is 36.4 Å². The van der Waals surface area contributed by atoms with Gasteiger partial charge in [-0.3, -0.25) is 14.9 Å². The molecule has 0 aromatic rings. The number of nitrogens with zero attached hydrogens (tertiary/aromatic N) is 2. The van der Waals surface area contributed by atoms with E-state index in [-0.39, 0.29) is 20.9 Å². The lowest BCUT2D eigenvalue weighted by molar-refractivity contribution is -0.129. The summed E-state index contributed by atoms with van der Waals surface area (Å²) in [6.45, 7) is 7.02. The van der Waals surface area contributed by atoms with Crippen LogP contribution in [0, 0.1) is 23.0 Å². The second kappa shape index (κ2) is 7.68. The van der Waals surface area contributed by atoms with Gasteiger partial charge in [0.1, 0.15) is 5.78 Å². The summed E-state index contributed by atoms with van der Waals surface area (Å²) in [6.07, 6.45) is 3.32. The maximum absolute atomic E-state index is 12.5. The third-order valence-corrected chi connectivity index (χ3v) is 6.72. The topological polar surface area (TPSA) is 66.8 Å². The van der Waals surface area contributed by atoms with Gasteiger partial charge in [-0.15, -0.1) is 0 Å². The van der Waals surface area contributed by atoms with E-state index >= 15 is 0 Å². The molecule has 0 aromatic heterocycles. The van der Waals surface area contributed by atoms with Gasteiger partial charge in [-0.2, -0.15) is 0 Å². The molecule has 1 saturated carbocycles. The Morgan fingerprint density at radius 3 is 2.67 bits per heavy atom. The van der Waals surface area contributed by atoms with Crippen molar-refractivity contribution in [2.75, 3.05) is 19.6 Å². The van der Waals surface area contributed by atoms with Gasteiger partial charge >= 0.3 is 0 Å². The SMILES string of the molecule is CC1CCN(CC(=O)C2CCC(I)C(N([O-])O)C2)CC1C. The Morgan fingerprint density at radius 1 is 1.33 bits per heavy atom. The standard InChI is InChI=1S/C15H26IN2O3/c1-10-5-6-17(8-11(10)2)9-15(19)12-3-4-13(16)14(7-12)18(20)21/h10-14,20H,3-9H2,1-2H3/q-1. The molecular weight excluding hydrogens is 383 g/mol. The second-order valence-electron chi connectivity index (χ2n) is 6.84. The minimum atomic E-state index is -0.436. The Balaban J connectivity index is 1.86. The molecule has 0 bridgehead atoms. The quantitative estimate of drug-likeness (QED) is 0.440. The van der Waals surface area contributed by atoms with Gasteiger partial charge in [0.15, 0.2) is 0 Å². The second-order valence-corrected chi connectivity index (χ2v) is 8.44. The lowest BCUT2D eigenvalue weighted by atomic mass is 9.82. The number of alkyl halides is 1. The Labute approximate surface area is 140 Å². The van der Waals surface area contributed by atoms with Crippen molar-refractivity contribution < 1.29 is 10.0 Å². The smallest absolute Gasteiger partial charge is 0.149 e. The molecule has 1 aliphatic heterocycles. The van der Waals surface area contributed by atoms with Crippen LogP contribution in [0.1, 0.15) is 39.5 Å². The van der Waals surface area contributed by atoms with Crippen LogP contribution in [0.25, 0.3) is 0 Å². The van der Waals surface area contributed by atoms with Crippen molar-refractivity contribution in [3.05, 3.63) is 5.21 Å². The highest BCUT2D eigenvalue weighted by Gasteiger charge is 2.34. The molecule has 2 rings (SSSR count). The maximum Gasteiger partial charge on any atom is 0.149 e. The Morgan fingerprint density at radius 2 is 2.05 bits per heavy atom. The summed E-state index contributed by atoms with van der Waals surface area (Å²) in [4.78, 5) is 14.7. The van der Waals surface area contributed by atoms with Crippen LogP contribution in [0.5, 0.6) is 0 Å². The molecular formula is C15H26IN2O3-. The van der Waals surface area contributed by atoms with Gasteiger partial charge in [0.05, 0.1) is 6.54 Å². The van der Waals surface area contributed by atoms with Crippen LogP contribution in [0.3, 0.4) is 0 Å². The summed E-state index contributed by atoms with van der Waals surface area (Å²) in [5.74, 6) is 1.55. The van der Waals surface area contributed by atoms with Crippen LogP contribution in [0.2, 0.25) is 0 Å². The van der Waals surface area contributed by atoms with Crippen molar-refractivity contribution in [2.24, 2.45) is 17.8 Å². The van der Waals surface area contributed by atoms with Crippen molar-refractivity contribution in [2.45, 2.75) is 49.5 Å². The molecule has 1 saturated heterocycles. The van der Waals surface area contributed by atoms with Crippen LogP contribution in [0.15, 0.2) is 0 Å². The van der Waals surface area contributed by atoms with E-state index in [1.165, 1.54) is 0 Å². The van der Waals surface area contributed by atoms with Crippen LogP contribution in [-0.4, -0.2) is 50.7 Å². The van der Waals surface area contributed by atoms with Crippen molar-refractivity contribution in [3.63, 3.8) is 0 Å². The monoisotopic (exact) mass is 409 g/mol. The molecule has 0 radical (unpaired) electrons. The predicted octanol–water partition coefficient (Wildman–Crippen LogP) is 2.69. The Bertz CT molecular complexity index is 367. The summed E-state index contributed by atoms with van der Waals surface area (Å²) >= 11 is 2.20. The fraction of sp³-hybridized carbons (Fsp3) is 0.933. The maximum atomic E-state index is 12.5. The fourth-order valence-corrected chi connectivity index (χ4v) is 4.40. The van der Waals surface area contributed by atoms with Crippen LogP contribution >= 0.6 is 22.6 Å². The van der Waals surface area contributed by atoms with Crippen molar-refractivity contribution in [1.29, 1.82) is 0 Å². The predicted molar refractivity (Wildman–Crippen MR) is 90.3 cm³/mol. The van der Waals surface area contributed by atoms with Crippen molar-refractivity contribution >= 4 is 28.4 Å². The van der Waals surface area contributed by atoms with Crippen molar-refractivity contribution in [1.82, 2.24) is 10.1 Å². The van der Waals surface area contributed by atoms with Gasteiger partial charge in [0.2, 0.25) is 0 Å². The zero-order valence-electron chi connectivity index (χ0n) is 12.9. The lowest BCUT2D eigenvalue weighted by Gasteiger charge is -2.41. The first-order valence-corrected chi connectivity index (χ1v) is 9.17. The highest BCUT2D eigenvalue weighted by Crippen LogP contribution is 2.33. The first-order valence-electron chi connectivity index (χ1n) is 7.92. The van der Waals surface area contributed by atoms with E-state index in [1.54, 1.807) is 0 Å². The van der Waals surface area contributed by atoms with E-state index in [9.17, 15) is 15.2 Å². The van der Waals surface area contributed by atoms with E-state index in [2.05, 4.69) is 41.3 Å². The number of rotatable bonds is 4. The number of carbonyl (C=O) groups is 1. The molecule has 0 amide bonds. The Hall–Kier alpha value is 0.240. The molecule has 1 aliphatic carbocycles. The number of hydrogen-bond acceptors (Lipinski definition) is 5. The summed E-state index contributed by atoms with van der Waals surface area (Å²) in [6, 6.07) is -0.436. The summed E-state index contributed by atoms with van der Waals surface area (Å²) in [7, 11) is 0. The molecule has 0 spiro atoms. The highest BCUT2D eigenvalue weighted by atomic mass is 127. The van der Waals surface area contributed by atoms with Gasteiger partial charge in [-0.25, -0.2) is 0 Å². The molecule has 5 unspecified atom stereocenters. The summed E-state index contributed by atoms with van der Waals surface area (Å²) in [5.41, 5.74) is 0. The van der Waals surface area contributed by atoms with E-state index < -0.39 is 6.04 Å². The third-order valence-electron chi connectivity index (χ3n) is 5.27. The van der Waals surface area contributed by atoms with Gasteiger partial charge in [0, 0.05) is 22.4 Å². The zero-order valence-corrected chi connectivity index (χ0v) is 15.0. The van der Waals surface area contributed by atoms with Gasteiger partial charge in [0.25, 0.3) is 0 Å². The third kappa shape index (κ3) is 4.60. The number of carbonyl (C=O) groups excluding carboxylic acids is 1. The number of hydroxylamine groups is 2. The first kappa shape index (κ1) is 17.6. The number of Topliss-reactive ketones (excluding diaryl/α,β-unsaturated/α-hetero) is 1. The number of halogens is 1. The van der Waals surface area contributed by atoms with Crippen molar-refractivity contribution in [3.8, 4) is 0 Å². The van der Waals surface area contributed by atoms with Gasteiger partial charge in [-0.05, 0) is 44.1 Å². The molecule has 1 N–H and O–H groups in total. The number of likely N-dealkylation sites (tertiary alicyclic amines) is 1. The average Bonchev–Trinajstić information content (AvgIpc) is 2.43. The molecule has 5 nitrogen and oxygen atoms in total. The largest absolute Gasteiger partial charge is 0.762 e. The minimum Gasteiger partial charge on any atom is -0.762 e. The van der Waals surface area contributed by atoms with E-state index in [4.69, 9.17) is 0 Å². The minimum absolute atomic E-state index is 0.0567. The molecule has 5 atom stereocenters. The molecule has 0 aromatic carbocycles. The summed E-state index contributed by atoms with van der Waals surface area (Å²) < 4.78 is 0.130. The van der Waals surface area contributed by atoms with E-state index in [1.807, 2.05) is 0 Å². The highest BCUT2D eigenvalue weighted by molar-refractivity contribution is 14.1. The molecule has 6 heteroatoms. The molecule has 122 valence electrons. The normalized spacial score (nSPS) is 38.7.